The van der Waals surface area contributed by atoms with E-state index in [1.807, 2.05) is 0 Å². The largest absolute Gasteiger partial charge is 0.456 e. The molecular weight excluding hydrogens is 188 g/mol. The van der Waals surface area contributed by atoms with Crippen molar-refractivity contribution in [1.29, 1.82) is 0 Å². The van der Waals surface area contributed by atoms with Crippen LogP contribution in [0.3, 0.4) is 0 Å². The van der Waals surface area contributed by atoms with E-state index in [1.54, 1.807) is 0 Å². The predicted octanol–water partition coefficient (Wildman–Crippen LogP) is -1.04. The molecule has 0 aromatic heterocycles. The molecule has 2 saturated heterocycles. The van der Waals surface area contributed by atoms with Gasteiger partial charge >= 0.3 is 5.97 Å². The van der Waals surface area contributed by atoms with Crippen LogP contribution in [0.25, 0.3) is 0 Å². The zero-order valence-corrected chi connectivity index (χ0v) is 7.55. The first kappa shape index (κ1) is 8.64. The summed E-state index contributed by atoms with van der Waals surface area (Å²) < 4.78 is 10.5. The zero-order chi connectivity index (χ0) is 9.92. The van der Waals surface area contributed by atoms with Crippen LogP contribution in [-0.4, -0.2) is 46.2 Å². The Hall–Kier alpha value is -0.650. The molecule has 1 aliphatic carbocycles. The number of hydrogen-bond acceptors (Lipinski definition) is 5. The molecule has 2 N–H and O–H groups in total. The van der Waals surface area contributed by atoms with E-state index in [2.05, 4.69) is 0 Å². The highest BCUT2D eigenvalue weighted by Crippen LogP contribution is 2.50. The third kappa shape index (κ3) is 0.973. The number of aliphatic hydroxyl groups excluding tert-OH is 2. The highest BCUT2D eigenvalue weighted by atomic mass is 16.7. The molecule has 0 radical (unpaired) electrons. The number of ether oxygens (including phenoxy) is 2. The van der Waals surface area contributed by atoms with Crippen molar-refractivity contribution < 1.29 is 24.5 Å². The molecule has 2 aliphatic heterocycles. The van der Waals surface area contributed by atoms with Gasteiger partial charge in [0.05, 0.1) is 6.10 Å². The standard InChI is InChI=1S/C9H12O5/c10-4-3-9(2-1-5(11)14-9)8-7(13-8)6(4)12/h4,6-8,10,12H,1-3H2/t4-,6-,7-,8-,9+/m1/s1. The van der Waals surface area contributed by atoms with Crippen molar-refractivity contribution in [2.75, 3.05) is 0 Å². The zero-order valence-electron chi connectivity index (χ0n) is 7.55. The summed E-state index contributed by atoms with van der Waals surface area (Å²) in [6.07, 6.45) is -0.945. The predicted molar refractivity (Wildman–Crippen MR) is 43.3 cm³/mol. The lowest BCUT2D eigenvalue weighted by Gasteiger charge is -2.33. The molecule has 3 aliphatic rings. The molecule has 2 heterocycles. The van der Waals surface area contributed by atoms with Crippen LogP contribution in [0.1, 0.15) is 19.3 Å². The number of hydrogen-bond donors (Lipinski definition) is 2. The van der Waals surface area contributed by atoms with E-state index >= 15 is 0 Å². The van der Waals surface area contributed by atoms with E-state index in [9.17, 15) is 15.0 Å². The summed E-state index contributed by atoms with van der Waals surface area (Å²) in [4.78, 5) is 11.0. The van der Waals surface area contributed by atoms with Crippen molar-refractivity contribution in [1.82, 2.24) is 0 Å². The molecule has 78 valence electrons. The first-order valence-corrected chi connectivity index (χ1v) is 4.86. The van der Waals surface area contributed by atoms with Crippen LogP contribution in [-0.2, 0) is 14.3 Å². The molecule has 3 rings (SSSR count). The Morgan fingerprint density at radius 1 is 1.43 bits per heavy atom. The van der Waals surface area contributed by atoms with Gasteiger partial charge in [0.25, 0.3) is 0 Å². The first-order valence-electron chi connectivity index (χ1n) is 4.86. The van der Waals surface area contributed by atoms with E-state index in [1.165, 1.54) is 0 Å². The first-order chi connectivity index (χ1) is 6.62. The molecule has 1 spiro atoms. The van der Waals surface area contributed by atoms with Crippen molar-refractivity contribution in [3.63, 3.8) is 0 Å². The smallest absolute Gasteiger partial charge is 0.306 e. The van der Waals surface area contributed by atoms with Crippen LogP contribution < -0.4 is 0 Å². The van der Waals surface area contributed by atoms with Crippen molar-refractivity contribution in [3.05, 3.63) is 0 Å². The maximum atomic E-state index is 11.0. The van der Waals surface area contributed by atoms with Gasteiger partial charge in [-0.1, -0.05) is 0 Å². The summed E-state index contributed by atoms with van der Waals surface area (Å²) >= 11 is 0. The summed E-state index contributed by atoms with van der Waals surface area (Å²) in [5.41, 5.74) is -0.652. The minimum absolute atomic E-state index is 0.202. The van der Waals surface area contributed by atoms with Crippen molar-refractivity contribution in [3.8, 4) is 0 Å². The molecule has 0 bridgehead atoms. The number of carbonyl (C=O) groups is 1. The summed E-state index contributed by atoms with van der Waals surface area (Å²) in [5, 5.41) is 19.0. The fraction of sp³-hybridized carbons (Fsp3) is 0.889. The van der Waals surface area contributed by atoms with E-state index in [4.69, 9.17) is 9.47 Å². The highest BCUT2D eigenvalue weighted by Gasteiger charge is 2.67. The van der Waals surface area contributed by atoms with Gasteiger partial charge in [-0.25, -0.2) is 0 Å². The summed E-state index contributed by atoms with van der Waals surface area (Å²) in [7, 11) is 0. The molecule has 3 fully saturated rings. The summed E-state index contributed by atoms with van der Waals surface area (Å²) in [6.45, 7) is 0. The Morgan fingerprint density at radius 3 is 2.86 bits per heavy atom. The van der Waals surface area contributed by atoms with Gasteiger partial charge < -0.3 is 19.7 Å². The fourth-order valence-electron chi connectivity index (χ4n) is 2.60. The SMILES string of the molecule is O=C1CC[C@@]2(C[C@@H](O)[C@@H](O)[C@H]3O[C@H]32)O1. The van der Waals surface area contributed by atoms with Gasteiger partial charge in [0.15, 0.2) is 0 Å². The topological polar surface area (TPSA) is 79.3 Å². The third-order valence-electron chi connectivity index (χ3n) is 3.40. The second-order valence-electron chi connectivity index (χ2n) is 4.32. The molecule has 5 nitrogen and oxygen atoms in total. The van der Waals surface area contributed by atoms with Crippen molar-refractivity contribution in [2.45, 2.75) is 49.3 Å². The lowest BCUT2D eigenvalue weighted by molar-refractivity contribution is -0.156. The lowest BCUT2D eigenvalue weighted by atomic mass is 9.80. The number of aliphatic hydroxyl groups is 2. The van der Waals surface area contributed by atoms with Gasteiger partial charge in [0.2, 0.25) is 0 Å². The van der Waals surface area contributed by atoms with E-state index in [-0.39, 0.29) is 18.2 Å². The average molecular weight is 200 g/mol. The minimum atomic E-state index is -0.843. The average Bonchev–Trinajstić information content (AvgIpc) is 2.86. The molecule has 5 heteroatoms. The van der Waals surface area contributed by atoms with Crippen LogP contribution in [0.4, 0.5) is 0 Å². The van der Waals surface area contributed by atoms with Gasteiger partial charge in [0, 0.05) is 19.3 Å². The fourth-order valence-corrected chi connectivity index (χ4v) is 2.60. The molecule has 0 aromatic rings. The van der Waals surface area contributed by atoms with Crippen LogP contribution in [0.2, 0.25) is 0 Å². The highest BCUT2D eigenvalue weighted by molar-refractivity contribution is 5.72. The Kier molecular flexibility index (Phi) is 1.53. The van der Waals surface area contributed by atoms with Gasteiger partial charge in [-0.3, -0.25) is 4.79 Å². The Labute approximate surface area is 80.6 Å². The van der Waals surface area contributed by atoms with Crippen LogP contribution >= 0.6 is 0 Å². The molecule has 0 aromatic carbocycles. The number of epoxide rings is 1. The Bertz CT molecular complexity index is 289. The van der Waals surface area contributed by atoms with Crippen molar-refractivity contribution >= 4 is 5.97 Å². The molecular formula is C9H12O5. The van der Waals surface area contributed by atoms with Gasteiger partial charge in [-0.15, -0.1) is 0 Å². The summed E-state index contributed by atoms with van der Waals surface area (Å²) in [6, 6.07) is 0. The lowest BCUT2D eigenvalue weighted by Crippen LogP contribution is -2.50. The number of carbonyl (C=O) groups excluding carboxylic acids is 1. The third-order valence-corrected chi connectivity index (χ3v) is 3.40. The van der Waals surface area contributed by atoms with Gasteiger partial charge in [0.1, 0.15) is 23.9 Å². The van der Waals surface area contributed by atoms with Crippen LogP contribution in [0, 0.1) is 0 Å². The van der Waals surface area contributed by atoms with Crippen LogP contribution in [0.5, 0.6) is 0 Å². The molecule has 0 amide bonds. The summed E-state index contributed by atoms with van der Waals surface area (Å²) in [5.74, 6) is -0.233. The Morgan fingerprint density at radius 2 is 2.21 bits per heavy atom. The minimum Gasteiger partial charge on any atom is -0.456 e. The number of rotatable bonds is 0. The van der Waals surface area contributed by atoms with E-state index in [0.29, 0.717) is 19.3 Å². The van der Waals surface area contributed by atoms with Gasteiger partial charge in [-0.05, 0) is 0 Å². The monoisotopic (exact) mass is 200 g/mol. The normalized spacial score (nSPS) is 55.7. The van der Waals surface area contributed by atoms with Crippen molar-refractivity contribution in [2.24, 2.45) is 0 Å². The van der Waals surface area contributed by atoms with Gasteiger partial charge in [-0.2, -0.15) is 0 Å². The van der Waals surface area contributed by atoms with E-state index in [0.717, 1.165) is 0 Å². The Balaban J connectivity index is 1.85. The second-order valence-corrected chi connectivity index (χ2v) is 4.32. The number of fused-ring (bicyclic) bond motifs is 2. The quantitative estimate of drug-likeness (QED) is 0.385. The second kappa shape index (κ2) is 2.48. The molecule has 5 atom stereocenters. The molecule has 1 saturated carbocycles. The molecule has 14 heavy (non-hydrogen) atoms. The van der Waals surface area contributed by atoms with E-state index < -0.39 is 17.8 Å². The maximum Gasteiger partial charge on any atom is 0.306 e. The maximum absolute atomic E-state index is 11.0. The number of esters is 1. The van der Waals surface area contributed by atoms with Crippen LogP contribution in [0.15, 0.2) is 0 Å². The molecule has 0 unspecified atom stereocenters.